The van der Waals surface area contributed by atoms with Crippen LogP contribution in [-0.2, 0) is 11.2 Å². The molecule has 0 bridgehead atoms. The van der Waals surface area contributed by atoms with Crippen LogP contribution in [0.1, 0.15) is 38.3 Å². The summed E-state index contributed by atoms with van der Waals surface area (Å²) in [5.41, 5.74) is 2.15. The highest BCUT2D eigenvalue weighted by Crippen LogP contribution is 2.23. The molecule has 1 rings (SSSR count). The van der Waals surface area contributed by atoms with Crippen LogP contribution in [0.5, 0.6) is 0 Å². The van der Waals surface area contributed by atoms with Crippen LogP contribution in [0.3, 0.4) is 0 Å². The molecule has 0 N–H and O–H groups in total. The molecule has 0 atom stereocenters. The lowest BCUT2D eigenvalue weighted by Gasteiger charge is -2.20. The molecule has 0 amide bonds. The monoisotopic (exact) mass is 204 g/mol. The number of rotatable bonds is 4. The van der Waals surface area contributed by atoms with Crippen molar-refractivity contribution in [2.24, 2.45) is 5.41 Å². The van der Waals surface area contributed by atoms with E-state index in [2.05, 4.69) is 26.0 Å². The zero-order chi connectivity index (χ0) is 11.5. The summed E-state index contributed by atoms with van der Waals surface area (Å²) in [6.07, 6.45) is 1.46. The second-order valence-electron chi connectivity index (χ2n) is 4.83. The Balaban J connectivity index is 2.75. The molecule has 0 spiro atoms. The predicted molar refractivity (Wildman–Crippen MR) is 64.0 cm³/mol. The minimum atomic E-state index is -0.191. The Hall–Kier alpha value is -1.11. The molecule has 0 unspecified atom stereocenters. The fourth-order valence-electron chi connectivity index (χ4n) is 1.44. The van der Waals surface area contributed by atoms with Crippen LogP contribution >= 0.6 is 0 Å². The van der Waals surface area contributed by atoms with Gasteiger partial charge < -0.3 is 0 Å². The van der Waals surface area contributed by atoms with E-state index >= 15 is 0 Å². The van der Waals surface area contributed by atoms with E-state index in [1.807, 2.05) is 26.0 Å². The Bertz CT molecular complexity index is 350. The molecule has 0 radical (unpaired) electrons. The Labute approximate surface area is 92.5 Å². The normalized spacial score (nSPS) is 11.5. The van der Waals surface area contributed by atoms with Crippen molar-refractivity contribution in [2.45, 2.75) is 40.5 Å². The van der Waals surface area contributed by atoms with Crippen LogP contribution in [0.15, 0.2) is 24.3 Å². The van der Waals surface area contributed by atoms with E-state index in [1.54, 1.807) is 0 Å². The van der Waals surface area contributed by atoms with E-state index in [-0.39, 0.29) is 5.41 Å². The molecule has 0 aliphatic rings. The predicted octanol–water partition coefficient (Wildman–Crippen LogP) is 3.54. The van der Waals surface area contributed by atoms with Crippen LogP contribution in [-0.4, -0.2) is 5.78 Å². The first-order chi connectivity index (χ1) is 6.95. The fourth-order valence-corrected chi connectivity index (χ4v) is 1.44. The van der Waals surface area contributed by atoms with E-state index in [9.17, 15) is 4.79 Å². The molecule has 0 saturated carbocycles. The summed E-state index contributed by atoms with van der Waals surface area (Å²) in [5, 5.41) is 0. The van der Waals surface area contributed by atoms with E-state index in [0.717, 1.165) is 12.0 Å². The average molecular weight is 204 g/mol. The zero-order valence-corrected chi connectivity index (χ0v) is 10.1. The molecular weight excluding hydrogens is 184 g/mol. The van der Waals surface area contributed by atoms with Crippen molar-refractivity contribution in [2.75, 3.05) is 0 Å². The van der Waals surface area contributed by atoms with Gasteiger partial charge in [-0.15, -0.1) is 0 Å². The standard InChI is InChI=1S/C14H20O/c1-5-14(3,4)13(15)10-12-8-6-7-11(2)9-12/h6-9H,5,10H2,1-4H3. The van der Waals surface area contributed by atoms with Crippen molar-refractivity contribution < 1.29 is 4.79 Å². The lowest BCUT2D eigenvalue weighted by atomic mass is 9.82. The number of benzene rings is 1. The summed E-state index contributed by atoms with van der Waals surface area (Å²) in [5.74, 6) is 0.329. The Morgan fingerprint density at radius 1 is 1.33 bits per heavy atom. The van der Waals surface area contributed by atoms with Gasteiger partial charge in [0.05, 0.1) is 0 Å². The van der Waals surface area contributed by atoms with Crippen LogP contribution < -0.4 is 0 Å². The molecule has 1 aromatic rings. The molecule has 0 aromatic heterocycles. The third-order valence-electron chi connectivity index (χ3n) is 3.09. The smallest absolute Gasteiger partial charge is 0.142 e. The molecule has 0 saturated heterocycles. The van der Waals surface area contributed by atoms with E-state index < -0.39 is 0 Å². The first kappa shape index (κ1) is 12.0. The maximum atomic E-state index is 12.0. The number of ketones is 1. The SMILES string of the molecule is CCC(C)(C)C(=O)Cc1cccc(C)c1. The number of hydrogen-bond donors (Lipinski definition) is 0. The summed E-state index contributed by atoms with van der Waals surface area (Å²) in [6, 6.07) is 8.18. The molecule has 82 valence electrons. The number of aryl methyl sites for hydroxylation is 1. The molecular formula is C14H20O. The van der Waals surface area contributed by atoms with Gasteiger partial charge in [-0.1, -0.05) is 50.6 Å². The lowest BCUT2D eigenvalue weighted by Crippen LogP contribution is -2.24. The highest BCUT2D eigenvalue weighted by Gasteiger charge is 2.24. The van der Waals surface area contributed by atoms with Gasteiger partial charge in [-0.3, -0.25) is 4.79 Å². The molecule has 0 heterocycles. The van der Waals surface area contributed by atoms with Crippen molar-refractivity contribution in [3.8, 4) is 0 Å². The van der Waals surface area contributed by atoms with Crippen LogP contribution in [0, 0.1) is 12.3 Å². The summed E-state index contributed by atoms with van der Waals surface area (Å²) in [7, 11) is 0. The molecule has 1 nitrogen and oxygen atoms in total. The minimum absolute atomic E-state index is 0.191. The van der Waals surface area contributed by atoms with Crippen molar-refractivity contribution in [1.82, 2.24) is 0 Å². The third-order valence-corrected chi connectivity index (χ3v) is 3.09. The second-order valence-corrected chi connectivity index (χ2v) is 4.83. The molecule has 15 heavy (non-hydrogen) atoms. The fraction of sp³-hybridized carbons (Fsp3) is 0.500. The minimum Gasteiger partial charge on any atom is -0.299 e. The van der Waals surface area contributed by atoms with Gasteiger partial charge in [-0.25, -0.2) is 0 Å². The molecule has 0 fully saturated rings. The second kappa shape index (κ2) is 4.61. The Morgan fingerprint density at radius 2 is 2.00 bits per heavy atom. The summed E-state index contributed by atoms with van der Waals surface area (Å²) in [4.78, 5) is 12.0. The van der Waals surface area contributed by atoms with E-state index in [0.29, 0.717) is 12.2 Å². The Kier molecular flexibility index (Phi) is 3.67. The van der Waals surface area contributed by atoms with Gasteiger partial charge in [0.25, 0.3) is 0 Å². The van der Waals surface area contributed by atoms with Crippen molar-refractivity contribution in [3.63, 3.8) is 0 Å². The summed E-state index contributed by atoms with van der Waals surface area (Å²) in [6.45, 7) is 8.16. The highest BCUT2D eigenvalue weighted by atomic mass is 16.1. The van der Waals surface area contributed by atoms with E-state index in [4.69, 9.17) is 0 Å². The van der Waals surface area contributed by atoms with Gasteiger partial charge in [0.2, 0.25) is 0 Å². The highest BCUT2D eigenvalue weighted by molar-refractivity contribution is 5.86. The number of Topliss-reactive ketones (excluding diaryl/α,β-unsaturated/α-hetero) is 1. The van der Waals surface area contributed by atoms with Crippen molar-refractivity contribution in [3.05, 3.63) is 35.4 Å². The molecule has 0 aliphatic heterocycles. The van der Waals surface area contributed by atoms with Crippen molar-refractivity contribution >= 4 is 5.78 Å². The largest absolute Gasteiger partial charge is 0.299 e. The van der Waals surface area contributed by atoms with Crippen LogP contribution in [0.4, 0.5) is 0 Å². The Morgan fingerprint density at radius 3 is 2.53 bits per heavy atom. The average Bonchev–Trinajstić information content (AvgIpc) is 2.17. The first-order valence-corrected chi connectivity index (χ1v) is 5.54. The maximum Gasteiger partial charge on any atom is 0.142 e. The molecule has 0 aliphatic carbocycles. The molecule has 1 aromatic carbocycles. The number of carbonyl (C=O) groups is 1. The number of hydrogen-bond acceptors (Lipinski definition) is 1. The maximum absolute atomic E-state index is 12.0. The van der Waals surface area contributed by atoms with Gasteiger partial charge >= 0.3 is 0 Å². The van der Waals surface area contributed by atoms with Crippen LogP contribution in [0.25, 0.3) is 0 Å². The van der Waals surface area contributed by atoms with Crippen molar-refractivity contribution in [1.29, 1.82) is 0 Å². The summed E-state index contributed by atoms with van der Waals surface area (Å²) >= 11 is 0. The van der Waals surface area contributed by atoms with Gasteiger partial charge in [-0.05, 0) is 18.9 Å². The van der Waals surface area contributed by atoms with Gasteiger partial charge in [0.15, 0.2) is 0 Å². The first-order valence-electron chi connectivity index (χ1n) is 5.54. The van der Waals surface area contributed by atoms with E-state index in [1.165, 1.54) is 5.56 Å². The number of carbonyl (C=O) groups excluding carboxylic acids is 1. The quantitative estimate of drug-likeness (QED) is 0.733. The molecule has 1 heteroatoms. The summed E-state index contributed by atoms with van der Waals surface area (Å²) < 4.78 is 0. The third kappa shape index (κ3) is 3.19. The van der Waals surface area contributed by atoms with Gasteiger partial charge in [0, 0.05) is 11.8 Å². The van der Waals surface area contributed by atoms with Gasteiger partial charge in [-0.2, -0.15) is 0 Å². The van der Waals surface area contributed by atoms with Gasteiger partial charge in [0.1, 0.15) is 5.78 Å². The zero-order valence-electron chi connectivity index (χ0n) is 10.1. The topological polar surface area (TPSA) is 17.1 Å². The van der Waals surface area contributed by atoms with Crippen LogP contribution in [0.2, 0.25) is 0 Å². The lowest BCUT2D eigenvalue weighted by molar-refractivity contribution is -0.126.